The number of pyridine rings is 1. The maximum absolute atomic E-state index is 12.7. The van der Waals surface area contributed by atoms with Crippen molar-refractivity contribution in [1.29, 1.82) is 0 Å². The molecule has 0 N–H and O–H groups in total. The lowest BCUT2D eigenvalue weighted by Gasteiger charge is -2.37. The minimum Gasteiger partial charge on any atom is -0.472 e. The van der Waals surface area contributed by atoms with Gasteiger partial charge in [-0.05, 0) is 36.5 Å². The van der Waals surface area contributed by atoms with Gasteiger partial charge in [0.2, 0.25) is 0 Å². The summed E-state index contributed by atoms with van der Waals surface area (Å²) in [6.45, 7) is 2.47. The SMILES string of the molecule is O=C(c1ccoc1)N1CCO[C@@H]2C[C@@H](COCc3cccnc3)C[C@@H]21. The molecule has 132 valence electrons. The van der Waals surface area contributed by atoms with Crippen molar-refractivity contribution in [2.45, 2.75) is 31.6 Å². The predicted molar refractivity (Wildman–Crippen MR) is 89.9 cm³/mol. The Labute approximate surface area is 146 Å². The van der Waals surface area contributed by atoms with E-state index in [1.54, 1.807) is 12.3 Å². The van der Waals surface area contributed by atoms with Crippen molar-refractivity contribution in [1.82, 2.24) is 9.88 Å². The van der Waals surface area contributed by atoms with Gasteiger partial charge in [0.05, 0.1) is 43.8 Å². The second-order valence-electron chi connectivity index (χ2n) is 6.70. The highest BCUT2D eigenvalue weighted by Crippen LogP contribution is 2.35. The summed E-state index contributed by atoms with van der Waals surface area (Å²) in [7, 11) is 0. The standard InChI is InChI=1S/C19H22N2O4/c22-19(16-3-6-23-13-16)21-5-7-25-18-9-15(8-17(18)21)12-24-11-14-2-1-4-20-10-14/h1-4,6,10,13,15,17-18H,5,7-9,11-12H2/t15-,17-,18+/m0/s1. The lowest BCUT2D eigenvalue weighted by Crippen LogP contribution is -2.51. The van der Waals surface area contributed by atoms with Crippen molar-refractivity contribution in [2.24, 2.45) is 5.92 Å². The van der Waals surface area contributed by atoms with Gasteiger partial charge in [-0.3, -0.25) is 9.78 Å². The fourth-order valence-electron chi connectivity index (χ4n) is 3.82. The van der Waals surface area contributed by atoms with Crippen LogP contribution in [0, 0.1) is 5.92 Å². The Morgan fingerprint density at radius 2 is 2.32 bits per heavy atom. The Morgan fingerprint density at radius 1 is 1.36 bits per heavy atom. The average molecular weight is 342 g/mol. The Balaban J connectivity index is 1.33. The Morgan fingerprint density at radius 3 is 3.12 bits per heavy atom. The summed E-state index contributed by atoms with van der Waals surface area (Å²) in [6, 6.07) is 5.77. The molecule has 1 amide bonds. The monoisotopic (exact) mass is 342 g/mol. The van der Waals surface area contributed by atoms with E-state index in [9.17, 15) is 4.79 Å². The first kappa shape index (κ1) is 16.3. The van der Waals surface area contributed by atoms with Gasteiger partial charge in [0, 0.05) is 18.9 Å². The van der Waals surface area contributed by atoms with Gasteiger partial charge in [0.15, 0.2) is 0 Å². The fraction of sp³-hybridized carbons (Fsp3) is 0.474. The second kappa shape index (κ2) is 7.37. The number of carbonyl (C=O) groups is 1. The van der Waals surface area contributed by atoms with Crippen LogP contribution in [0.4, 0.5) is 0 Å². The number of hydrogen-bond donors (Lipinski definition) is 0. The lowest BCUT2D eigenvalue weighted by atomic mass is 10.1. The predicted octanol–water partition coefficient (Wildman–Crippen LogP) is 2.51. The number of fused-ring (bicyclic) bond motifs is 1. The second-order valence-corrected chi connectivity index (χ2v) is 6.70. The van der Waals surface area contributed by atoms with Crippen LogP contribution in [0.2, 0.25) is 0 Å². The summed E-state index contributed by atoms with van der Waals surface area (Å²) in [5.74, 6) is 0.438. The molecule has 6 nitrogen and oxygen atoms in total. The molecule has 1 aliphatic heterocycles. The molecule has 0 radical (unpaired) electrons. The smallest absolute Gasteiger partial charge is 0.257 e. The first-order valence-corrected chi connectivity index (χ1v) is 8.72. The van der Waals surface area contributed by atoms with E-state index in [0.717, 1.165) is 18.4 Å². The van der Waals surface area contributed by atoms with Crippen molar-refractivity contribution in [3.05, 3.63) is 54.2 Å². The number of rotatable bonds is 5. The van der Waals surface area contributed by atoms with Gasteiger partial charge in [0.1, 0.15) is 6.26 Å². The van der Waals surface area contributed by atoms with E-state index in [-0.39, 0.29) is 18.1 Å². The minimum atomic E-state index is 0.0315. The van der Waals surface area contributed by atoms with Crippen molar-refractivity contribution in [2.75, 3.05) is 19.8 Å². The molecule has 0 aromatic carbocycles. The van der Waals surface area contributed by atoms with Gasteiger partial charge in [-0.2, -0.15) is 0 Å². The maximum Gasteiger partial charge on any atom is 0.257 e. The minimum absolute atomic E-state index is 0.0315. The summed E-state index contributed by atoms with van der Waals surface area (Å²) in [6.07, 6.45) is 8.59. The third-order valence-corrected chi connectivity index (χ3v) is 5.01. The number of carbonyl (C=O) groups excluding carboxylic acids is 1. The molecule has 3 heterocycles. The van der Waals surface area contributed by atoms with E-state index >= 15 is 0 Å². The van der Waals surface area contributed by atoms with Gasteiger partial charge in [0.25, 0.3) is 5.91 Å². The fourth-order valence-corrected chi connectivity index (χ4v) is 3.82. The number of morpholine rings is 1. The van der Waals surface area contributed by atoms with Gasteiger partial charge in [-0.25, -0.2) is 0 Å². The highest BCUT2D eigenvalue weighted by molar-refractivity contribution is 5.94. The molecule has 2 aromatic heterocycles. The molecule has 25 heavy (non-hydrogen) atoms. The van der Waals surface area contributed by atoms with Crippen LogP contribution in [-0.2, 0) is 16.1 Å². The number of nitrogens with zero attached hydrogens (tertiary/aromatic N) is 2. The molecule has 0 bridgehead atoms. The summed E-state index contributed by atoms with van der Waals surface area (Å²) in [5, 5.41) is 0. The molecule has 3 atom stereocenters. The Hall–Kier alpha value is -2.18. The van der Waals surface area contributed by atoms with E-state index in [1.807, 2.05) is 23.2 Å². The van der Waals surface area contributed by atoms with Crippen molar-refractivity contribution in [3.63, 3.8) is 0 Å². The zero-order valence-electron chi connectivity index (χ0n) is 14.0. The van der Waals surface area contributed by atoms with E-state index in [0.29, 0.717) is 37.8 Å². The van der Waals surface area contributed by atoms with Crippen LogP contribution in [0.3, 0.4) is 0 Å². The van der Waals surface area contributed by atoms with E-state index in [1.165, 1.54) is 12.5 Å². The van der Waals surface area contributed by atoms with Crippen molar-refractivity contribution < 1.29 is 18.7 Å². The first-order valence-electron chi connectivity index (χ1n) is 8.72. The summed E-state index contributed by atoms with van der Waals surface area (Å²) in [4.78, 5) is 18.7. The van der Waals surface area contributed by atoms with Crippen LogP contribution < -0.4 is 0 Å². The maximum atomic E-state index is 12.7. The highest BCUT2D eigenvalue weighted by Gasteiger charge is 2.43. The number of furan rings is 1. The summed E-state index contributed by atoms with van der Waals surface area (Å²) in [5.41, 5.74) is 1.68. The van der Waals surface area contributed by atoms with Crippen LogP contribution in [0.1, 0.15) is 28.8 Å². The van der Waals surface area contributed by atoms with E-state index in [4.69, 9.17) is 13.9 Å². The third-order valence-electron chi connectivity index (χ3n) is 5.01. The highest BCUT2D eigenvalue weighted by atomic mass is 16.5. The Kier molecular flexibility index (Phi) is 4.81. The first-order chi connectivity index (χ1) is 12.3. The van der Waals surface area contributed by atoms with Crippen molar-refractivity contribution >= 4 is 5.91 Å². The summed E-state index contributed by atoms with van der Waals surface area (Å²) >= 11 is 0. The van der Waals surface area contributed by atoms with Crippen LogP contribution in [0.25, 0.3) is 0 Å². The summed E-state index contributed by atoms with van der Waals surface area (Å²) < 4.78 is 16.8. The molecule has 2 aliphatic rings. The topological polar surface area (TPSA) is 64.8 Å². The molecule has 1 aliphatic carbocycles. The zero-order chi connectivity index (χ0) is 17.1. The molecule has 2 aromatic rings. The van der Waals surface area contributed by atoms with Gasteiger partial charge in [-0.15, -0.1) is 0 Å². The van der Waals surface area contributed by atoms with Crippen LogP contribution in [-0.4, -0.2) is 47.7 Å². The van der Waals surface area contributed by atoms with Gasteiger partial charge < -0.3 is 18.8 Å². The molecule has 6 heteroatoms. The van der Waals surface area contributed by atoms with Crippen LogP contribution >= 0.6 is 0 Å². The van der Waals surface area contributed by atoms with Gasteiger partial charge >= 0.3 is 0 Å². The third kappa shape index (κ3) is 3.60. The van der Waals surface area contributed by atoms with Gasteiger partial charge in [-0.1, -0.05) is 6.07 Å². The Bertz CT molecular complexity index is 689. The lowest BCUT2D eigenvalue weighted by molar-refractivity contribution is -0.0450. The number of ether oxygens (including phenoxy) is 2. The largest absolute Gasteiger partial charge is 0.472 e. The molecule has 0 spiro atoms. The average Bonchev–Trinajstić information content (AvgIpc) is 3.31. The van der Waals surface area contributed by atoms with Crippen molar-refractivity contribution in [3.8, 4) is 0 Å². The quantitative estimate of drug-likeness (QED) is 0.835. The number of aromatic nitrogens is 1. The molecular weight excluding hydrogens is 320 g/mol. The van der Waals surface area contributed by atoms with E-state index < -0.39 is 0 Å². The molecule has 1 saturated heterocycles. The molecule has 4 rings (SSSR count). The molecular formula is C19H22N2O4. The number of hydrogen-bond acceptors (Lipinski definition) is 5. The van der Waals surface area contributed by atoms with Crippen LogP contribution in [0.15, 0.2) is 47.5 Å². The van der Waals surface area contributed by atoms with Crippen LogP contribution in [0.5, 0.6) is 0 Å². The molecule has 2 fully saturated rings. The normalized spacial score (nSPS) is 25.8. The van der Waals surface area contributed by atoms with E-state index in [2.05, 4.69) is 4.98 Å². The number of amides is 1. The molecule has 1 saturated carbocycles. The zero-order valence-corrected chi connectivity index (χ0v) is 14.0. The molecule has 0 unspecified atom stereocenters.